The minimum Gasteiger partial charge on any atom is -0.490 e. The van der Waals surface area contributed by atoms with E-state index in [1.807, 2.05) is 61.5 Å². The Bertz CT molecular complexity index is 1030. The van der Waals surface area contributed by atoms with Crippen LogP contribution in [-0.4, -0.2) is 46.9 Å². The van der Waals surface area contributed by atoms with Gasteiger partial charge in [0.2, 0.25) is 5.91 Å². The zero-order chi connectivity index (χ0) is 24.3. The average Bonchev–Trinajstić information content (AvgIpc) is 2.85. The minimum atomic E-state index is -0.996. The maximum Gasteiger partial charge on any atom is 0.326 e. The molecule has 0 spiro atoms. The molecule has 0 aliphatic carbocycles. The van der Waals surface area contributed by atoms with Crippen molar-refractivity contribution in [2.24, 2.45) is 5.16 Å². The van der Waals surface area contributed by atoms with Crippen molar-refractivity contribution in [2.45, 2.75) is 52.1 Å². The van der Waals surface area contributed by atoms with Crippen molar-refractivity contribution in [1.29, 1.82) is 0 Å². The fourth-order valence-corrected chi connectivity index (χ4v) is 3.78. The van der Waals surface area contributed by atoms with Crippen LogP contribution in [-0.2, 0) is 27.4 Å². The summed E-state index contributed by atoms with van der Waals surface area (Å²) in [6.45, 7) is 4.80. The van der Waals surface area contributed by atoms with Crippen molar-refractivity contribution >= 4 is 17.6 Å². The molecule has 1 N–H and O–H groups in total. The number of allylic oxidation sites excluding steroid dienone is 1. The Morgan fingerprint density at radius 3 is 2.68 bits per heavy atom. The third kappa shape index (κ3) is 6.94. The van der Waals surface area contributed by atoms with E-state index in [9.17, 15) is 14.7 Å². The van der Waals surface area contributed by atoms with Crippen LogP contribution in [0.3, 0.4) is 0 Å². The number of benzene rings is 2. The molecule has 0 bridgehead atoms. The molecule has 0 saturated carbocycles. The lowest BCUT2D eigenvalue weighted by Gasteiger charge is -2.34. The van der Waals surface area contributed by atoms with Gasteiger partial charge in [-0.1, -0.05) is 67.4 Å². The first-order valence-electron chi connectivity index (χ1n) is 11.7. The molecule has 0 unspecified atom stereocenters. The van der Waals surface area contributed by atoms with Crippen LogP contribution in [0.4, 0.5) is 0 Å². The Kier molecular flexibility index (Phi) is 9.26. The largest absolute Gasteiger partial charge is 0.490 e. The second-order valence-corrected chi connectivity index (χ2v) is 8.22. The average molecular weight is 465 g/mol. The number of nitrogens with zero attached hydrogens (tertiary/aromatic N) is 2. The summed E-state index contributed by atoms with van der Waals surface area (Å²) < 4.78 is 5.79. The molecule has 1 heterocycles. The van der Waals surface area contributed by atoms with Crippen LogP contribution in [0.25, 0.3) is 0 Å². The van der Waals surface area contributed by atoms with E-state index in [2.05, 4.69) is 12.1 Å². The van der Waals surface area contributed by atoms with Gasteiger partial charge in [-0.25, -0.2) is 4.79 Å². The summed E-state index contributed by atoms with van der Waals surface area (Å²) in [5.74, 6) is -0.629. The number of carboxylic acids is 1. The normalized spacial score (nSPS) is 15.8. The minimum absolute atomic E-state index is 0.234. The maximum absolute atomic E-state index is 12.7. The maximum atomic E-state index is 12.7. The molecular weight excluding hydrogens is 432 g/mol. The number of aliphatic carboxylic acids is 1. The van der Waals surface area contributed by atoms with Gasteiger partial charge in [-0.15, -0.1) is 0 Å². The van der Waals surface area contributed by atoms with Gasteiger partial charge in [0.25, 0.3) is 0 Å². The molecule has 1 aliphatic heterocycles. The summed E-state index contributed by atoms with van der Waals surface area (Å²) in [5.41, 5.74) is 3.59. The monoisotopic (exact) mass is 464 g/mol. The summed E-state index contributed by atoms with van der Waals surface area (Å²) in [5, 5.41) is 13.8. The van der Waals surface area contributed by atoms with Gasteiger partial charge < -0.3 is 19.6 Å². The quantitative estimate of drug-likeness (QED) is 0.227. The van der Waals surface area contributed by atoms with Crippen molar-refractivity contribution in [3.63, 3.8) is 0 Å². The van der Waals surface area contributed by atoms with E-state index in [0.29, 0.717) is 12.4 Å². The van der Waals surface area contributed by atoms with Gasteiger partial charge in [-0.05, 0) is 48.2 Å². The Balaban J connectivity index is 1.58. The highest BCUT2D eigenvalue weighted by Crippen LogP contribution is 2.27. The van der Waals surface area contributed by atoms with Crippen LogP contribution in [0.5, 0.6) is 5.75 Å². The summed E-state index contributed by atoms with van der Waals surface area (Å²) in [7, 11) is 0. The highest BCUT2D eigenvalue weighted by atomic mass is 16.6. The molecule has 2 aromatic rings. The number of rotatable bonds is 11. The van der Waals surface area contributed by atoms with E-state index in [1.165, 1.54) is 11.0 Å². The zero-order valence-electron chi connectivity index (χ0n) is 19.8. The van der Waals surface area contributed by atoms with E-state index in [1.54, 1.807) is 0 Å². The second kappa shape index (κ2) is 12.6. The lowest BCUT2D eigenvalue weighted by molar-refractivity contribution is -0.149. The number of ether oxygens (including phenoxy) is 1. The van der Waals surface area contributed by atoms with Crippen LogP contribution in [0.15, 0.2) is 65.8 Å². The zero-order valence-corrected chi connectivity index (χ0v) is 19.8. The highest BCUT2D eigenvalue weighted by Gasteiger charge is 2.33. The summed E-state index contributed by atoms with van der Waals surface area (Å²) in [6.07, 6.45) is 6.43. The first-order valence-corrected chi connectivity index (χ1v) is 11.7. The van der Waals surface area contributed by atoms with Gasteiger partial charge in [0.15, 0.2) is 6.61 Å². The predicted octanol–water partition coefficient (Wildman–Crippen LogP) is 4.59. The van der Waals surface area contributed by atoms with Gasteiger partial charge in [0.05, 0.1) is 5.71 Å². The van der Waals surface area contributed by atoms with E-state index in [0.717, 1.165) is 41.7 Å². The summed E-state index contributed by atoms with van der Waals surface area (Å²) in [4.78, 5) is 31.3. The standard InChI is InChI=1S/C27H32N2O5/c1-3-4-5-9-12-26(30)29-19-23-17-24(14-13-22(23)18-25(29)27(31)32)33-15-16-34-28-20(2)21-10-7-6-8-11-21/h6-14,17,25H,3-5,15-16,18-19H2,1-2H3,(H,31,32)/b12-9+,28-20-/t25-/m0/s1. The number of fused-ring (bicyclic) bond motifs is 1. The summed E-state index contributed by atoms with van der Waals surface area (Å²) >= 11 is 0. The number of hydrogen-bond acceptors (Lipinski definition) is 5. The van der Waals surface area contributed by atoms with Gasteiger partial charge >= 0.3 is 5.97 Å². The van der Waals surface area contributed by atoms with Crippen molar-refractivity contribution < 1.29 is 24.3 Å². The Morgan fingerprint density at radius 2 is 1.94 bits per heavy atom. The van der Waals surface area contributed by atoms with Gasteiger partial charge in [0.1, 0.15) is 18.4 Å². The lowest BCUT2D eigenvalue weighted by Crippen LogP contribution is -2.48. The van der Waals surface area contributed by atoms with E-state index in [4.69, 9.17) is 9.57 Å². The first-order chi connectivity index (χ1) is 16.5. The number of amides is 1. The molecule has 34 heavy (non-hydrogen) atoms. The third-order valence-electron chi connectivity index (χ3n) is 5.70. The van der Waals surface area contributed by atoms with E-state index < -0.39 is 12.0 Å². The SMILES string of the molecule is CCCC/C=C/C(=O)N1Cc2cc(OCCO/N=C(/C)c3ccccc3)ccc2C[C@H]1C(=O)O. The smallest absolute Gasteiger partial charge is 0.326 e. The fraction of sp³-hybridized carbons (Fsp3) is 0.370. The van der Waals surface area contributed by atoms with Crippen LogP contribution < -0.4 is 4.74 Å². The van der Waals surface area contributed by atoms with Crippen LogP contribution >= 0.6 is 0 Å². The molecule has 180 valence electrons. The second-order valence-electron chi connectivity index (χ2n) is 8.22. The molecule has 7 heteroatoms. The predicted molar refractivity (Wildman–Crippen MR) is 131 cm³/mol. The Labute approximate surface area is 200 Å². The molecule has 1 amide bonds. The Morgan fingerprint density at radius 1 is 1.15 bits per heavy atom. The van der Waals surface area contributed by atoms with Crippen LogP contribution in [0, 0.1) is 0 Å². The number of hydrogen-bond donors (Lipinski definition) is 1. The van der Waals surface area contributed by atoms with Crippen LogP contribution in [0.2, 0.25) is 0 Å². The molecule has 1 aliphatic rings. The molecule has 0 aromatic heterocycles. The van der Waals surface area contributed by atoms with Crippen LogP contribution in [0.1, 0.15) is 49.8 Å². The molecule has 0 radical (unpaired) electrons. The number of carboxylic acid groups (broad SMARTS) is 1. The molecule has 2 aromatic carbocycles. The number of oxime groups is 1. The number of carbonyl (C=O) groups excluding carboxylic acids is 1. The van der Waals surface area contributed by atoms with Crippen molar-refractivity contribution in [2.75, 3.05) is 13.2 Å². The Hall–Kier alpha value is -3.61. The molecule has 0 saturated heterocycles. The molecule has 0 fully saturated rings. The number of carbonyl (C=O) groups is 2. The number of unbranched alkanes of at least 4 members (excludes halogenated alkanes) is 2. The first kappa shape index (κ1) is 25.0. The molecular formula is C27H32N2O5. The van der Waals surface area contributed by atoms with E-state index in [-0.39, 0.29) is 25.5 Å². The van der Waals surface area contributed by atoms with E-state index >= 15 is 0 Å². The topological polar surface area (TPSA) is 88.4 Å². The highest BCUT2D eigenvalue weighted by molar-refractivity contribution is 5.98. The molecule has 1 atom stereocenters. The van der Waals surface area contributed by atoms with Gasteiger partial charge in [0, 0.05) is 13.0 Å². The van der Waals surface area contributed by atoms with Crippen molar-refractivity contribution in [3.8, 4) is 5.75 Å². The van der Waals surface area contributed by atoms with Crippen molar-refractivity contribution in [1.82, 2.24) is 4.90 Å². The summed E-state index contributed by atoms with van der Waals surface area (Å²) in [6, 6.07) is 14.5. The van der Waals surface area contributed by atoms with Gasteiger partial charge in [-0.3, -0.25) is 4.79 Å². The molecule has 7 nitrogen and oxygen atoms in total. The fourth-order valence-electron chi connectivity index (χ4n) is 3.78. The lowest BCUT2D eigenvalue weighted by atomic mass is 9.93. The molecule has 3 rings (SSSR count). The third-order valence-corrected chi connectivity index (χ3v) is 5.70. The van der Waals surface area contributed by atoms with Crippen molar-refractivity contribution in [3.05, 3.63) is 77.4 Å². The van der Waals surface area contributed by atoms with Gasteiger partial charge in [-0.2, -0.15) is 0 Å².